The number of carbonyl (C=O) groups is 3. The summed E-state index contributed by atoms with van der Waals surface area (Å²) in [4.78, 5) is 52.1. The molecule has 15 heteroatoms. The molecule has 0 saturated carbocycles. The molecule has 8 N–H and O–H groups in total. The maximum absolute atomic E-state index is 13.6. The number of fused-ring (bicyclic) bond motifs is 1. The zero-order valence-corrected chi connectivity index (χ0v) is 23.8. The Labute approximate surface area is 242 Å². The number of urea groups is 1. The highest BCUT2D eigenvalue weighted by molar-refractivity contribution is 6.02. The molecule has 0 bridgehead atoms. The molecule has 42 heavy (non-hydrogen) atoms. The fourth-order valence-corrected chi connectivity index (χ4v) is 6.82. The first-order chi connectivity index (χ1) is 19.8. The predicted octanol–water partition coefficient (Wildman–Crippen LogP) is -1.80. The summed E-state index contributed by atoms with van der Waals surface area (Å²) in [5, 5.41) is 29.2. The van der Waals surface area contributed by atoms with E-state index in [1.54, 1.807) is 12.1 Å². The van der Waals surface area contributed by atoms with E-state index in [0.717, 1.165) is 16.9 Å². The van der Waals surface area contributed by atoms with Crippen molar-refractivity contribution in [2.45, 2.75) is 68.6 Å². The molecule has 2 unspecified atom stereocenters. The van der Waals surface area contributed by atoms with Crippen molar-refractivity contribution in [2.24, 2.45) is 21.5 Å². The largest absolute Gasteiger partial charge is 0.492 e. The lowest BCUT2D eigenvalue weighted by atomic mass is 9.79. The second-order valence-corrected chi connectivity index (χ2v) is 12.1. The monoisotopic (exact) mass is 583 g/mol. The van der Waals surface area contributed by atoms with Crippen LogP contribution in [0.5, 0.6) is 5.75 Å². The van der Waals surface area contributed by atoms with Gasteiger partial charge in [-0.05, 0) is 24.3 Å². The van der Waals surface area contributed by atoms with E-state index in [-0.39, 0.29) is 42.5 Å². The number of hydrogen-bond donors (Lipinski definition) is 6. The number of nitrogens with two attached hydrogens (primary N) is 2. The summed E-state index contributed by atoms with van der Waals surface area (Å²) in [6.45, 7) is 6.57. The summed E-state index contributed by atoms with van der Waals surface area (Å²) in [7, 11) is 0. The number of ether oxygens (including phenoxy) is 1. The maximum Gasteiger partial charge on any atom is 0.327 e. The first-order valence-corrected chi connectivity index (χ1v) is 14.2. The third-order valence-corrected chi connectivity index (χ3v) is 9.06. The van der Waals surface area contributed by atoms with Gasteiger partial charge >= 0.3 is 6.03 Å². The van der Waals surface area contributed by atoms with Crippen LogP contribution in [0.25, 0.3) is 0 Å². The second kappa shape index (κ2) is 9.46. The molecule has 4 amide bonds. The van der Waals surface area contributed by atoms with Gasteiger partial charge < -0.3 is 46.9 Å². The zero-order valence-electron chi connectivity index (χ0n) is 23.8. The Morgan fingerprint density at radius 3 is 2.74 bits per heavy atom. The molecule has 2 saturated heterocycles. The Bertz CT molecular complexity index is 1410. The number of rotatable bonds is 6. The zero-order chi connectivity index (χ0) is 30.2. The summed E-state index contributed by atoms with van der Waals surface area (Å²) in [5.74, 6) is -3.33. The molecule has 1 aromatic rings. The Morgan fingerprint density at radius 2 is 2.00 bits per heavy atom. The van der Waals surface area contributed by atoms with Crippen molar-refractivity contribution in [1.29, 1.82) is 0 Å². The molecule has 0 aromatic heterocycles. The maximum atomic E-state index is 13.6. The van der Waals surface area contributed by atoms with Crippen LogP contribution in [-0.4, -0.2) is 117 Å². The molecule has 4 atom stereocenters. The van der Waals surface area contributed by atoms with Crippen LogP contribution in [0, 0.1) is 0 Å². The van der Waals surface area contributed by atoms with Crippen molar-refractivity contribution in [3.05, 3.63) is 29.3 Å². The number of nitrogens with one attached hydrogen (secondary N) is 2. The molecule has 5 aliphatic rings. The number of aliphatic imine (C=N–C) groups is 2. The van der Waals surface area contributed by atoms with E-state index in [2.05, 4.69) is 34.5 Å². The van der Waals surface area contributed by atoms with Gasteiger partial charge in [-0.25, -0.2) is 14.8 Å². The first-order valence-electron chi connectivity index (χ1n) is 14.2. The number of amides is 4. The van der Waals surface area contributed by atoms with Crippen LogP contribution in [-0.2, 0) is 10.2 Å². The molecular weight excluding hydrogens is 546 g/mol. The lowest BCUT2D eigenvalue weighted by Gasteiger charge is -2.49. The van der Waals surface area contributed by atoms with Crippen molar-refractivity contribution in [1.82, 2.24) is 25.3 Å². The number of para-hydroxylation sites is 1. The van der Waals surface area contributed by atoms with Crippen molar-refractivity contribution < 1.29 is 29.3 Å². The quantitative estimate of drug-likeness (QED) is 0.163. The lowest BCUT2D eigenvalue weighted by molar-refractivity contribution is -0.230. The van der Waals surface area contributed by atoms with Gasteiger partial charge in [0.25, 0.3) is 5.91 Å². The highest BCUT2D eigenvalue weighted by Gasteiger charge is 2.73. The van der Waals surface area contributed by atoms with Gasteiger partial charge in [0.05, 0.1) is 24.8 Å². The van der Waals surface area contributed by atoms with E-state index in [4.69, 9.17) is 16.2 Å². The fourth-order valence-electron chi connectivity index (χ4n) is 6.82. The number of hydrogen-bond acceptors (Lipinski definition) is 12. The fraction of sp³-hybridized carbons (Fsp3) is 0.593. The SMILES string of the molecule is CCCN1CC(=O)N(C[C@@H]2N=C(N)N3C[C@H](NC(=O)c4cccc5c4OCCC5(C)C)C(O)(O)C34NC(N)=NC24)C1=O. The van der Waals surface area contributed by atoms with Gasteiger partial charge in [0.15, 0.2) is 17.6 Å². The Kier molecular flexibility index (Phi) is 6.31. The van der Waals surface area contributed by atoms with Gasteiger partial charge in [0.2, 0.25) is 11.7 Å². The third kappa shape index (κ3) is 3.90. The van der Waals surface area contributed by atoms with Crippen molar-refractivity contribution in [3.63, 3.8) is 0 Å². The van der Waals surface area contributed by atoms with Crippen molar-refractivity contribution in [2.75, 3.05) is 32.8 Å². The van der Waals surface area contributed by atoms with E-state index >= 15 is 0 Å². The first kappa shape index (κ1) is 28.0. The summed E-state index contributed by atoms with van der Waals surface area (Å²) in [6, 6.07) is 1.60. The minimum Gasteiger partial charge on any atom is -0.492 e. The van der Waals surface area contributed by atoms with E-state index in [1.165, 1.54) is 9.80 Å². The van der Waals surface area contributed by atoms with Gasteiger partial charge in [-0.3, -0.25) is 14.5 Å². The molecule has 2 fully saturated rings. The lowest BCUT2D eigenvalue weighted by Crippen LogP contribution is -2.78. The minimum absolute atomic E-state index is 0.0493. The van der Waals surface area contributed by atoms with Crippen LogP contribution in [0.15, 0.2) is 28.2 Å². The molecule has 5 aliphatic heterocycles. The summed E-state index contributed by atoms with van der Waals surface area (Å²) in [6.07, 6.45) is 1.48. The van der Waals surface area contributed by atoms with Crippen LogP contribution in [0.2, 0.25) is 0 Å². The Balaban J connectivity index is 1.29. The highest BCUT2D eigenvalue weighted by Crippen LogP contribution is 2.45. The number of aliphatic hydroxyl groups is 2. The summed E-state index contributed by atoms with van der Waals surface area (Å²) >= 11 is 0. The van der Waals surface area contributed by atoms with E-state index in [9.17, 15) is 24.6 Å². The average Bonchev–Trinajstić information content (AvgIpc) is 3.49. The van der Waals surface area contributed by atoms with Gasteiger partial charge in [-0.1, -0.05) is 32.9 Å². The van der Waals surface area contributed by atoms with Crippen LogP contribution < -0.4 is 26.8 Å². The normalized spacial score (nSPS) is 30.6. The number of nitrogens with zero attached hydrogens (tertiary/aromatic N) is 5. The second-order valence-electron chi connectivity index (χ2n) is 12.1. The van der Waals surface area contributed by atoms with Crippen LogP contribution in [0.3, 0.4) is 0 Å². The molecule has 6 rings (SSSR count). The molecule has 5 heterocycles. The van der Waals surface area contributed by atoms with Crippen molar-refractivity contribution >= 4 is 29.8 Å². The number of imide groups is 1. The average molecular weight is 584 g/mol. The van der Waals surface area contributed by atoms with Gasteiger partial charge in [-0.2, -0.15) is 0 Å². The van der Waals surface area contributed by atoms with Gasteiger partial charge in [0.1, 0.15) is 24.4 Å². The smallest absolute Gasteiger partial charge is 0.327 e. The molecule has 0 radical (unpaired) electrons. The number of carbonyl (C=O) groups excluding carboxylic acids is 3. The van der Waals surface area contributed by atoms with Crippen molar-refractivity contribution in [3.8, 4) is 5.75 Å². The Hall–Kier alpha value is -4.11. The molecular formula is C27H37N9O6. The highest BCUT2D eigenvalue weighted by atomic mass is 16.5. The predicted molar refractivity (Wildman–Crippen MR) is 150 cm³/mol. The number of benzene rings is 1. The molecule has 1 spiro atoms. The van der Waals surface area contributed by atoms with Gasteiger partial charge in [-0.15, -0.1) is 0 Å². The molecule has 0 aliphatic carbocycles. The molecule has 15 nitrogen and oxygen atoms in total. The molecule has 1 aromatic carbocycles. The third-order valence-electron chi connectivity index (χ3n) is 9.06. The standard InChI is InChI=1S/C27H37N9O6/c1-4-9-34-13-18(37)35(24(34)39)11-16-20-26(33-22(28)32-20)27(40,41)17(12-36(26)23(29)30-16)31-21(38)14-6-5-7-15-19(14)42-10-8-25(15,2)3/h5-7,16-17,20,40-41H,4,8-13H2,1-3H3,(H2,29,30)(H,31,38)(H3,28,32,33)/t16-,17-,20?,26?/m0/s1. The minimum atomic E-state index is -2.67. The summed E-state index contributed by atoms with van der Waals surface area (Å²) in [5.41, 5.74) is 11.6. The summed E-state index contributed by atoms with van der Waals surface area (Å²) < 4.78 is 5.89. The van der Waals surface area contributed by atoms with Crippen LogP contribution >= 0.6 is 0 Å². The number of guanidine groups is 2. The molecule has 226 valence electrons. The van der Waals surface area contributed by atoms with E-state index in [1.807, 2.05) is 13.0 Å². The van der Waals surface area contributed by atoms with Gasteiger partial charge in [0, 0.05) is 18.7 Å². The van der Waals surface area contributed by atoms with E-state index < -0.39 is 47.4 Å². The van der Waals surface area contributed by atoms with Crippen LogP contribution in [0.4, 0.5) is 4.79 Å². The topological polar surface area (TPSA) is 211 Å². The van der Waals surface area contributed by atoms with Crippen LogP contribution in [0.1, 0.15) is 49.5 Å². The van der Waals surface area contributed by atoms with E-state index in [0.29, 0.717) is 25.3 Å². The Morgan fingerprint density at radius 1 is 1.24 bits per heavy atom.